The number of nitrogens with one attached hydrogen (secondary N) is 1. The van der Waals surface area contributed by atoms with Gasteiger partial charge in [0.25, 0.3) is 11.6 Å². The standard InChI is InChI=1S/C22H25FN2O6/c1-13(31-22(2,3)4)19(21(27)30-5)24-20(26)17-11-8-15(12-18(17)25(28)29)14-6-9-16(23)10-7-14/h6-13,19H,1-5H3,(H,24,26)/t13?,19-/m0/s1. The molecule has 9 heteroatoms. The second-order valence-electron chi connectivity index (χ2n) is 7.91. The van der Waals surface area contributed by atoms with Crippen molar-refractivity contribution in [3.05, 3.63) is 64.0 Å². The van der Waals surface area contributed by atoms with Crippen molar-refractivity contribution >= 4 is 17.6 Å². The zero-order valence-corrected chi connectivity index (χ0v) is 18.0. The molecule has 0 heterocycles. The average Bonchev–Trinajstić information content (AvgIpc) is 2.70. The molecule has 166 valence electrons. The van der Waals surface area contributed by atoms with Crippen LogP contribution in [0.25, 0.3) is 11.1 Å². The Hall–Kier alpha value is -3.33. The van der Waals surface area contributed by atoms with E-state index in [1.54, 1.807) is 27.7 Å². The minimum atomic E-state index is -1.17. The molecule has 2 atom stereocenters. The molecule has 0 saturated heterocycles. The summed E-state index contributed by atoms with van der Waals surface area (Å²) in [4.78, 5) is 36.0. The fraction of sp³-hybridized carbons (Fsp3) is 0.364. The normalized spacial score (nSPS) is 13.2. The Kier molecular flexibility index (Phi) is 7.46. The average molecular weight is 432 g/mol. The zero-order valence-electron chi connectivity index (χ0n) is 18.0. The SMILES string of the molecule is COC(=O)[C@@H](NC(=O)c1ccc(-c2ccc(F)cc2)cc1[N+](=O)[O-])C(C)OC(C)(C)C. The Balaban J connectivity index is 2.36. The highest BCUT2D eigenvalue weighted by Gasteiger charge is 2.33. The lowest BCUT2D eigenvalue weighted by Crippen LogP contribution is -2.51. The molecule has 1 N–H and O–H groups in total. The Morgan fingerprint density at radius 1 is 1.10 bits per heavy atom. The van der Waals surface area contributed by atoms with E-state index in [0.29, 0.717) is 11.1 Å². The van der Waals surface area contributed by atoms with Crippen molar-refractivity contribution < 1.29 is 28.4 Å². The summed E-state index contributed by atoms with van der Waals surface area (Å²) in [5.41, 5.74) is -0.285. The molecule has 0 aliphatic heterocycles. The fourth-order valence-electron chi connectivity index (χ4n) is 3.04. The summed E-state index contributed by atoms with van der Waals surface area (Å²) in [6, 6.07) is 8.28. The van der Waals surface area contributed by atoms with Gasteiger partial charge in [-0.1, -0.05) is 18.2 Å². The fourth-order valence-corrected chi connectivity index (χ4v) is 3.04. The number of methoxy groups -OCH3 is 1. The quantitative estimate of drug-likeness (QED) is 0.404. The van der Waals surface area contributed by atoms with Gasteiger partial charge in [-0.25, -0.2) is 9.18 Å². The molecule has 1 unspecified atom stereocenters. The maximum absolute atomic E-state index is 13.2. The third-order valence-electron chi connectivity index (χ3n) is 4.37. The molecule has 2 rings (SSSR count). The van der Waals surface area contributed by atoms with Gasteiger partial charge in [0.1, 0.15) is 11.4 Å². The van der Waals surface area contributed by atoms with Crippen LogP contribution in [0, 0.1) is 15.9 Å². The van der Waals surface area contributed by atoms with Crippen molar-refractivity contribution in [2.75, 3.05) is 7.11 Å². The summed E-state index contributed by atoms with van der Waals surface area (Å²) in [6.45, 7) is 6.97. The van der Waals surface area contributed by atoms with E-state index >= 15 is 0 Å². The van der Waals surface area contributed by atoms with Gasteiger partial charge >= 0.3 is 5.97 Å². The predicted octanol–water partition coefficient (Wildman–Crippen LogP) is 3.88. The van der Waals surface area contributed by atoms with Crippen molar-refractivity contribution in [3.8, 4) is 11.1 Å². The highest BCUT2D eigenvalue weighted by Crippen LogP contribution is 2.28. The van der Waals surface area contributed by atoms with Gasteiger partial charge in [-0.05, 0) is 57.0 Å². The van der Waals surface area contributed by atoms with Gasteiger partial charge in [0.15, 0.2) is 6.04 Å². The number of carbonyl (C=O) groups excluding carboxylic acids is 2. The van der Waals surface area contributed by atoms with E-state index in [4.69, 9.17) is 9.47 Å². The summed E-state index contributed by atoms with van der Waals surface area (Å²) >= 11 is 0. The van der Waals surface area contributed by atoms with Crippen LogP contribution in [0.4, 0.5) is 10.1 Å². The molecular formula is C22H25FN2O6. The number of benzene rings is 2. The number of hydrogen-bond acceptors (Lipinski definition) is 6. The van der Waals surface area contributed by atoms with E-state index in [0.717, 1.165) is 0 Å². The molecule has 2 aromatic rings. The monoisotopic (exact) mass is 432 g/mol. The summed E-state index contributed by atoms with van der Waals surface area (Å²) < 4.78 is 23.6. The first-order valence-corrected chi connectivity index (χ1v) is 9.54. The summed E-state index contributed by atoms with van der Waals surface area (Å²) in [5.74, 6) is -2.00. The Labute approximate surface area is 179 Å². The van der Waals surface area contributed by atoms with Crippen LogP contribution in [-0.2, 0) is 14.3 Å². The summed E-state index contributed by atoms with van der Waals surface area (Å²) in [7, 11) is 1.17. The Morgan fingerprint density at radius 2 is 1.68 bits per heavy atom. The first kappa shape index (κ1) is 23.9. The summed E-state index contributed by atoms with van der Waals surface area (Å²) in [5, 5.41) is 14.1. The van der Waals surface area contributed by atoms with Crippen LogP contribution in [-0.4, -0.2) is 41.7 Å². The Morgan fingerprint density at radius 3 is 2.19 bits per heavy atom. The second kappa shape index (κ2) is 9.65. The lowest BCUT2D eigenvalue weighted by atomic mass is 10.0. The molecule has 31 heavy (non-hydrogen) atoms. The van der Waals surface area contributed by atoms with Crippen LogP contribution in [0.1, 0.15) is 38.1 Å². The predicted molar refractivity (Wildman–Crippen MR) is 112 cm³/mol. The number of nitrogens with zero attached hydrogens (tertiary/aromatic N) is 1. The number of nitro groups is 1. The molecule has 0 aliphatic carbocycles. The lowest BCUT2D eigenvalue weighted by molar-refractivity contribution is -0.385. The number of esters is 1. The molecule has 8 nitrogen and oxygen atoms in total. The van der Waals surface area contributed by atoms with E-state index in [9.17, 15) is 24.1 Å². The number of nitro benzene ring substituents is 1. The first-order chi connectivity index (χ1) is 14.4. The number of carbonyl (C=O) groups is 2. The molecule has 0 aliphatic rings. The molecule has 0 aromatic heterocycles. The molecule has 0 saturated carbocycles. The second-order valence-corrected chi connectivity index (χ2v) is 7.91. The molecular weight excluding hydrogens is 407 g/mol. The van der Waals surface area contributed by atoms with Gasteiger partial charge in [0.05, 0.1) is 23.7 Å². The first-order valence-electron chi connectivity index (χ1n) is 9.54. The van der Waals surface area contributed by atoms with Gasteiger partial charge in [-0.15, -0.1) is 0 Å². The Bertz CT molecular complexity index is 969. The number of halogens is 1. The minimum absolute atomic E-state index is 0.229. The molecule has 0 radical (unpaired) electrons. The van der Waals surface area contributed by atoms with Gasteiger partial charge in [-0.3, -0.25) is 14.9 Å². The molecule has 0 bridgehead atoms. The van der Waals surface area contributed by atoms with Crippen molar-refractivity contribution in [3.63, 3.8) is 0 Å². The lowest BCUT2D eigenvalue weighted by Gasteiger charge is -2.29. The minimum Gasteiger partial charge on any atom is -0.467 e. The zero-order chi connectivity index (χ0) is 23.3. The maximum Gasteiger partial charge on any atom is 0.331 e. The molecule has 0 fully saturated rings. The van der Waals surface area contributed by atoms with Gasteiger partial charge < -0.3 is 14.8 Å². The van der Waals surface area contributed by atoms with Crippen LogP contribution in [0.3, 0.4) is 0 Å². The van der Waals surface area contributed by atoms with Crippen LogP contribution < -0.4 is 5.32 Å². The van der Waals surface area contributed by atoms with E-state index in [1.165, 1.54) is 49.6 Å². The van der Waals surface area contributed by atoms with Gasteiger partial charge in [0.2, 0.25) is 0 Å². The van der Waals surface area contributed by atoms with Crippen molar-refractivity contribution in [1.82, 2.24) is 5.32 Å². The number of hydrogen-bond donors (Lipinski definition) is 1. The van der Waals surface area contributed by atoms with E-state index in [-0.39, 0.29) is 5.56 Å². The highest BCUT2D eigenvalue weighted by molar-refractivity contribution is 6.01. The largest absolute Gasteiger partial charge is 0.467 e. The molecule has 1 amide bonds. The summed E-state index contributed by atoms with van der Waals surface area (Å²) in [6.07, 6.45) is -0.756. The number of ether oxygens (including phenoxy) is 2. The number of rotatable bonds is 7. The molecule has 2 aromatic carbocycles. The smallest absolute Gasteiger partial charge is 0.331 e. The van der Waals surface area contributed by atoms with Gasteiger partial charge in [0, 0.05) is 6.07 Å². The van der Waals surface area contributed by atoms with E-state index in [2.05, 4.69) is 5.32 Å². The topological polar surface area (TPSA) is 108 Å². The van der Waals surface area contributed by atoms with Crippen LogP contribution >= 0.6 is 0 Å². The van der Waals surface area contributed by atoms with Crippen molar-refractivity contribution in [1.29, 1.82) is 0 Å². The van der Waals surface area contributed by atoms with E-state index < -0.39 is 46.1 Å². The number of amides is 1. The highest BCUT2D eigenvalue weighted by atomic mass is 19.1. The van der Waals surface area contributed by atoms with Crippen molar-refractivity contribution in [2.24, 2.45) is 0 Å². The van der Waals surface area contributed by atoms with Crippen molar-refractivity contribution in [2.45, 2.75) is 45.4 Å². The van der Waals surface area contributed by atoms with Gasteiger partial charge in [-0.2, -0.15) is 0 Å². The van der Waals surface area contributed by atoms with Crippen LogP contribution in [0.2, 0.25) is 0 Å². The maximum atomic E-state index is 13.2. The third-order valence-corrected chi connectivity index (χ3v) is 4.37. The van der Waals surface area contributed by atoms with E-state index in [1.807, 2.05) is 0 Å². The van der Waals surface area contributed by atoms with Crippen LogP contribution in [0.15, 0.2) is 42.5 Å². The third kappa shape index (κ3) is 6.32. The molecule has 0 spiro atoms. The van der Waals surface area contributed by atoms with Crippen LogP contribution in [0.5, 0.6) is 0 Å².